The van der Waals surface area contributed by atoms with Gasteiger partial charge in [0.1, 0.15) is 29.1 Å². The van der Waals surface area contributed by atoms with Gasteiger partial charge in [0, 0.05) is 4.88 Å². The van der Waals surface area contributed by atoms with E-state index in [-0.39, 0.29) is 16.2 Å². The molecule has 0 bridgehead atoms. The molecule has 12 heteroatoms. The summed E-state index contributed by atoms with van der Waals surface area (Å²) in [4.78, 5) is 3.68. The average Bonchev–Trinajstić information content (AvgIpc) is 3.23. The van der Waals surface area contributed by atoms with Crippen LogP contribution >= 0.6 is 11.3 Å². The van der Waals surface area contributed by atoms with Gasteiger partial charge in [-0.25, -0.2) is 9.50 Å². The van der Waals surface area contributed by atoms with Crippen molar-refractivity contribution < 1.29 is 26.3 Å². The molecule has 0 N–H and O–H groups in total. The minimum Gasteiger partial charge on any atom is -0.223 e. The Hall–Kier alpha value is -3.38. The highest BCUT2D eigenvalue weighted by molar-refractivity contribution is 7.10. The molecule has 0 unspecified atom stereocenters. The van der Waals surface area contributed by atoms with Gasteiger partial charge in [0.25, 0.3) is 0 Å². The van der Waals surface area contributed by atoms with Crippen molar-refractivity contribution in [1.29, 1.82) is 10.5 Å². The maximum atomic E-state index is 13.3. The van der Waals surface area contributed by atoms with E-state index in [1.165, 1.54) is 23.5 Å². The molecule has 0 aliphatic carbocycles. The van der Waals surface area contributed by atoms with E-state index in [1.807, 2.05) is 0 Å². The van der Waals surface area contributed by atoms with Gasteiger partial charge >= 0.3 is 12.4 Å². The van der Waals surface area contributed by atoms with E-state index >= 15 is 0 Å². The van der Waals surface area contributed by atoms with Crippen LogP contribution in [0.4, 0.5) is 26.3 Å². The quantitative estimate of drug-likeness (QED) is 0.448. The second-order valence-corrected chi connectivity index (χ2v) is 6.26. The van der Waals surface area contributed by atoms with Crippen molar-refractivity contribution in [2.24, 2.45) is 0 Å². The molecule has 3 aromatic heterocycles. The summed E-state index contributed by atoms with van der Waals surface area (Å²) in [6.45, 7) is 0. The number of hydrogen-bond donors (Lipinski definition) is 0. The summed E-state index contributed by atoms with van der Waals surface area (Å²) in [5.74, 6) is 0. The molecule has 3 rings (SSSR count). The first-order chi connectivity index (χ1) is 13.1. The Morgan fingerprint density at radius 3 is 2.36 bits per heavy atom. The van der Waals surface area contributed by atoms with E-state index in [0.717, 1.165) is 0 Å². The fraction of sp³-hybridized carbons (Fsp3) is 0.125. The third-order valence-corrected chi connectivity index (χ3v) is 4.31. The van der Waals surface area contributed by atoms with Crippen molar-refractivity contribution in [2.75, 3.05) is 0 Å². The van der Waals surface area contributed by atoms with Crippen LogP contribution in [0.5, 0.6) is 0 Å². The molecule has 3 heterocycles. The number of rotatable bonds is 2. The molecule has 142 valence electrons. The fourth-order valence-corrected chi connectivity index (χ4v) is 2.98. The van der Waals surface area contributed by atoms with Gasteiger partial charge < -0.3 is 0 Å². The molecule has 0 fully saturated rings. The number of nitriles is 2. The normalized spacial score (nSPS) is 12.8. The smallest absolute Gasteiger partial charge is 0.223 e. The second kappa shape index (κ2) is 6.65. The molecular weight excluding hydrogens is 408 g/mol. The van der Waals surface area contributed by atoms with Gasteiger partial charge in [0.2, 0.25) is 0 Å². The molecule has 0 radical (unpaired) electrons. The monoisotopic (exact) mass is 413 g/mol. The van der Waals surface area contributed by atoms with Gasteiger partial charge in [-0.05, 0) is 23.6 Å². The number of allylic oxidation sites excluding steroid dienone is 1. The number of thiophene rings is 1. The van der Waals surface area contributed by atoms with Gasteiger partial charge in [-0.1, -0.05) is 6.07 Å². The van der Waals surface area contributed by atoms with Crippen LogP contribution in [0.25, 0.3) is 17.3 Å². The lowest BCUT2D eigenvalue weighted by atomic mass is 10.1. The summed E-state index contributed by atoms with van der Waals surface area (Å²) in [7, 11) is 0. The predicted octanol–water partition coefficient (Wildman–Crippen LogP) is 4.76. The molecule has 3 aromatic rings. The maximum Gasteiger partial charge on any atom is 0.433 e. The van der Waals surface area contributed by atoms with Crippen LogP contribution in [0.2, 0.25) is 0 Å². The van der Waals surface area contributed by atoms with Crippen LogP contribution in [-0.2, 0) is 12.4 Å². The summed E-state index contributed by atoms with van der Waals surface area (Å²) in [5, 5.41) is 23.9. The van der Waals surface area contributed by atoms with Crippen molar-refractivity contribution in [2.45, 2.75) is 12.4 Å². The third-order valence-electron chi connectivity index (χ3n) is 3.49. The lowest BCUT2D eigenvalue weighted by Gasteiger charge is -2.12. The van der Waals surface area contributed by atoms with E-state index in [1.54, 1.807) is 23.6 Å². The first-order valence-corrected chi connectivity index (χ1v) is 8.08. The second-order valence-electron chi connectivity index (χ2n) is 5.28. The van der Waals surface area contributed by atoms with Gasteiger partial charge in [-0.3, -0.25) is 0 Å². The highest BCUT2D eigenvalue weighted by Gasteiger charge is 2.41. The molecule has 28 heavy (non-hydrogen) atoms. The number of halogens is 6. The first-order valence-electron chi connectivity index (χ1n) is 7.20. The summed E-state index contributed by atoms with van der Waals surface area (Å²) in [6, 6.07) is 6.27. The molecular formula is C16H5F6N5S. The topological polar surface area (TPSA) is 77.8 Å². The zero-order valence-corrected chi connectivity index (χ0v) is 14.1. The Bertz CT molecular complexity index is 1160. The Morgan fingerprint density at radius 1 is 1.14 bits per heavy atom. The zero-order valence-electron chi connectivity index (χ0n) is 13.3. The zero-order chi connectivity index (χ0) is 20.7. The summed E-state index contributed by atoms with van der Waals surface area (Å²) in [5.41, 5.74) is -5.97. The molecule has 0 saturated carbocycles. The van der Waals surface area contributed by atoms with Crippen molar-refractivity contribution in [1.82, 2.24) is 14.6 Å². The molecule has 0 saturated heterocycles. The van der Waals surface area contributed by atoms with Crippen molar-refractivity contribution in [3.63, 3.8) is 0 Å². The van der Waals surface area contributed by atoms with Crippen molar-refractivity contribution in [3.8, 4) is 12.1 Å². The number of aromatic nitrogens is 3. The molecule has 5 nitrogen and oxygen atoms in total. The molecule has 0 amide bonds. The van der Waals surface area contributed by atoms with Crippen LogP contribution in [0.1, 0.15) is 27.5 Å². The van der Waals surface area contributed by atoms with Gasteiger partial charge in [-0.15, -0.1) is 11.3 Å². The average molecular weight is 413 g/mol. The highest BCUT2D eigenvalue weighted by atomic mass is 32.1. The number of alkyl halides is 6. The maximum absolute atomic E-state index is 13.3. The van der Waals surface area contributed by atoms with Crippen LogP contribution < -0.4 is 0 Å². The van der Waals surface area contributed by atoms with E-state index in [2.05, 4.69) is 10.1 Å². The lowest BCUT2D eigenvalue weighted by Crippen LogP contribution is -2.18. The molecule has 0 spiro atoms. The Morgan fingerprint density at radius 2 is 1.86 bits per heavy atom. The number of hydrogen-bond acceptors (Lipinski definition) is 5. The van der Waals surface area contributed by atoms with E-state index in [0.29, 0.717) is 4.88 Å². The van der Waals surface area contributed by atoms with Gasteiger partial charge in [0.05, 0.1) is 5.57 Å². The van der Waals surface area contributed by atoms with Crippen LogP contribution in [0.15, 0.2) is 23.6 Å². The molecule has 0 aromatic carbocycles. The van der Waals surface area contributed by atoms with Gasteiger partial charge in [-0.2, -0.15) is 42.0 Å². The summed E-state index contributed by atoms with van der Waals surface area (Å²) < 4.78 is 79.0. The fourth-order valence-electron chi connectivity index (χ4n) is 2.33. The lowest BCUT2D eigenvalue weighted by molar-refractivity contribution is -0.148. The van der Waals surface area contributed by atoms with Crippen LogP contribution in [0, 0.1) is 22.7 Å². The Labute approximate surface area is 156 Å². The van der Waals surface area contributed by atoms with E-state index < -0.39 is 40.6 Å². The summed E-state index contributed by atoms with van der Waals surface area (Å²) in [6.07, 6.45) is -9.11. The first kappa shape index (κ1) is 19.4. The standard InChI is InChI=1S/C16H5F6N5S/c17-15(18,19)11-5-12(16(20,21)22)27-14(25-11)10(7-24)13(26-27)8(6-23)4-9-2-1-3-28-9/h1-5H/b8-4+. The minimum atomic E-state index is -5.21. The summed E-state index contributed by atoms with van der Waals surface area (Å²) >= 11 is 1.21. The molecule has 0 aliphatic rings. The Balaban J connectivity index is 2.39. The Kier molecular flexibility index (Phi) is 4.61. The third kappa shape index (κ3) is 3.42. The van der Waals surface area contributed by atoms with E-state index in [4.69, 9.17) is 0 Å². The number of fused-ring (bicyclic) bond motifs is 1. The van der Waals surface area contributed by atoms with Gasteiger partial charge in [0.15, 0.2) is 11.3 Å². The minimum absolute atomic E-state index is 0.0999. The predicted molar refractivity (Wildman–Crippen MR) is 85.5 cm³/mol. The number of nitrogens with zero attached hydrogens (tertiary/aromatic N) is 5. The highest BCUT2D eigenvalue weighted by Crippen LogP contribution is 2.36. The van der Waals surface area contributed by atoms with E-state index in [9.17, 15) is 36.9 Å². The van der Waals surface area contributed by atoms with Crippen LogP contribution in [0.3, 0.4) is 0 Å². The van der Waals surface area contributed by atoms with Crippen molar-refractivity contribution in [3.05, 3.63) is 51.1 Å². The molecule has 0 aliphatic heterocycles. The largest absolute Gasteiger partial charge is 0.433 e. The SMILES string of the molecule is N#C/C(=C\c1cccs1)c1nn2c(C(F)(F)F)cc(C(F)(F)F)nc2c1C#N. The molecule has 0 atom stereocenters. The van der Waals surface area contributed by atoms with Crippen LogP contribution in [-0.4, -0.2) is 14.6 Å². The van der Waals surface area contributed by atoms with Crippen molar-refractivity contribution >= 4 is 28.6 Å².